The number of benzene rings is 2. The second kappa shape index (κ2) is 8.16. The number of hydrogen-bond acceptors (Lipinski definition) is 2. The molecular formula is C18H14NOV-. The van der Waals surface area contributed by atoms with E-state index in [0.29, 0.717) is 5.57 Å². The zero-order chi connectivity index (χ0) is 14.4. The molecule has 0 unspecified atom stereocenters. The average molecular weight is 311 g/mol. The van der Waals surface area contributed by atoms with E-state index in [1.807, 2.05) is 66.7 Å². The first kappa shape index (κ1) is 16.8. The van der Waals surface area contributed by atoms with Crippen LogP contribution in [0.3, 0.4) is 0 Å². The van der Waals surface area contributed by atoms with Gasteiger partial charge in [-0.1, -0.05) is 66.2 Å². The standard InChI is InChI=1S/C18H14NO.V/c1-2-17(20)16(13-19)18(14-9-5-3-6-10-14)15-11-7-4-8-12-15;/h2-12H,1H3;/q-1;. The van der Waals surface area contributed by atoms with Crippen LogP contribution in [0, 0.1) is 17.8 Å². The fraction of sp³-hybridized carbons (Fsp3) is 0.0556. The normalized spacial score (nSPS) is 8.95. The molecule has 2 rings (SSSR count). The molecule has 1 radical (unpaired) electrons. The van der Waals surface area contributed by atoms with Crippen LogP contribution in [0.2, 0.25) is 0 Å². The van der Waals surface area contributed by atoms with Gasteiger partial charge in [-0.15, -0.1) is 6.92 Å². The molecule has 103 valence electrons. The number of rotatable bonds is 4. The van der Waals surface area contributed by atoms with Crippen molar-refractivity contribution < 1.29 is 23.4 Å². The Morgan fingerprint density at radius 2 is 1.38 bits per heavy atom. The van der Waals surface area contributed by atoms with Gasteiger partial charge in [0, 0.05) is 30.4 Å². The first-order valence-corrected chi connectivity index (χ1v) is 6.37. The molecule has 0 spiro atoms. The average Bonchev–Trinajstić information content (AvgIpc) is 2.53. The van der Waals surface area contributed by atoms with Gasteiger partial charge in [0.15, 0.2) is 0 Å². The molecule has 2 aromatic rings. The van der Waals surface area contributed by atoms with Gasteiger partial charge in [-0.05, 0) is 16.7 Å². The Hall–Kier alpha value is -2.21. The van der Waals surface area contributed by atoms with Gasteiger partial charge in [0.2, 0.25) is 0 Å². The molecule has 2 aromatic carbocycles. The fourth-order valence-corrected chi connectivity index (χ4v) is 2.04. The van der Waals surface area contributed by atoms with Crippen molar-refractivity contribution in [2.45, 2.75) is 6.92 Å². The molecule has 0 saturated carbocycles. The molecule has 0 aliphatic heterocycles. The van der Waals surface area contributed by atoms with Crippen LogP contribution in [0.25, 0.3) is 5.57 Å². The van der Waals surface area contributed by atoms with Crippen molar-refractivity contribution in [3.63, 3.8) is 0 Å². The Kier molecular flexibility index (Phi) is 6.55. The molecular weight excluding hydrogens is 297 g/mol. The first-order chi connectivity index (χ1) is 9.77. The second-order valence-electron chi connectivity index (χ2n) is 4.25. The molecule has 0 aliphatic carbocycles. The van der Waals surface area contributed by atoms with Crippen LogP contribution < -0.4 is 0 Å². The second-order valence-corrected chi connectivity index (χ2v) is 4.25. The quantitative estimate of drug-likeness (QED) is 0.489. The number of ketones is 1. The minimum Gasteiger partial charge on any atom is -0.331 e. The van der Waals surface area contributed by atoms with Crippen LogP contribution in [-0.2, 0) is 23.4 Å². The summed E-state index contributed by atoms with van der Waals surface area (Å²) < 4.78 is 0. The Labute approximate surface area is 137 Å². The number of hydrogen-bond donors (Lipinski definition) is 0. The minimum absolute atomic E-state index is 0. The Morgan fingerprint density at radius 3 is 1.71 bits per heavy atom. The van der Waals surface area contributed by atoms with Crippen molar-refractivity contribution in [3.8, 4) is 6.07 Å². The molecule has 0 heterocycles. The van der Waals surface area contributed by atoms with Crippen LogP contribution in [0.5, 0.6) is 0 Å². The van der Waals surface area contributed by atoms with Crippen molar-refractivity contribution in [2.24, 2.45) is 0 Å². The molecule has 21 heavy (non-hydrogen) atoms. The zero-order valence-corrected chi connectivity index (χ0v) is 13.1. The summed E-state index contributed by atoms with van der Waals surface area (Å²) >= 11 is 0. The molecule has 2 nitrogen and oxygen atoms in total. The summed E-state index contributed by atoms with van der Waals surface area (Å²) in [5.41, 5.74) is 2.58. The topological polar surface area (TPSA) is 40.9 Å². The number of carbonyl (C=O) groups is 1. The molecule has 0 atom stereocenters. The van der Waals surface area contributed by atoms with E-state index >= 15 is 0 Å². The van der Waals surface area contributed by atoms with Gasteiger partial charge in [-0.3, -0.25) is 0 Å². The van der Waals surface area contributed by atoms with Gasteiger partial charge in [0.05, 0.1) is 0 Å². The van der Waals surface area contributed by atoms with Gasteiger partial charge in [0.1, 0.15) is 0 Å². The summed E-state index contributed by atoms with van der Waals surface area (Å²) in [6, 6.07) is 21.1. The minimum atomic E-state index is -0.254. The monoisotopic (exact) mass is 311 g/mol. The van der Waals surface area contributed by atoms with Crippen LogP contribution in [0.1, 0.15) is 18.1 Å². The van der Waals surface area contributed by atoms with Gasteiger partial charge >= 0.3 is 0 Å². The first-order valence-electron chi connectivity index (χ1n) is 6.37. The van der Waals surface area contributed by atoms with Crippen molar-refractivity contribution in [1.82, 2.24) is 0 Å². The maximum atomic E-state index is 12.0. The van der Waals surface area contributed by atoms with Crippen molar-refractivity contribution in [1.29, 1.82) is 5.26 Å². The van der Waals surface area contributed by atoms with Gasteiger partial charge in [-0.25, -0.2) is 5.26 Å². The van der Waals surface area contributed by atoms with Crippen molar-refractivity contribution in [2.75, 3.05) is 0 Å². The number of nitrogens with zero attached hydrogens (tertiary/aromatic N) is 1. The van der Waals surface area contributed by atoms with Crippen LogP contribution in [-0.4, -0.2) is 5.78 Å². The number of nitriles is 1. The van der Waals surface area contributed by atoms with E-state index in [2.05, 4.69) is 0 Å². The molecule has 0 N–H and O–H groups in total. The summed E-state index contributed by atoms with van der Waals surface area (Å²) in [6.45, 7) is 1.65. The van der Waals surface area contributed by atoms with Crippen LogP contribution >= 0.6 is 0 Å². The smallest absolute Gasteiger partial charge is 0.0349 e. The maximum Gasteiger partial charge on any atom is 0.0349 e. The number of Topliss-reactive ketones (excluding diaryl/α,β-unsaturated/α-hetero) is 1. The van der Waals surface area contributed by atoms with E-state index in [4.69, 9.17) is 0 Å². The molecule has 0 saturated heterocycles. The van der Waals surface area contributed by atoms with E-state index in [0.717, 1.165) is 11.1 Å². The Balaban J connectivity index is 0.00000220. The van der Waals surface area contributed by atoms with E-state index in [9.17, 15) is 10.1 Å². The third kappa shape index (κ3) is 3.89. The van der Waals surface area contributed by atoms with E-state index < -0.39 is 0 Å². The van der Waals surface area contributed by atoms with Crippen molar-refractivity contribution >= 4 is 11.4 Å². The Bertz CT molecular complexity index is 628. The molecule has 0 amide bonds. The third-order valence-corrected chi connectivity index (χ3v) is 3.00. The maximum absolute atomic E-state index is 12.0. The molecule has 0 aliphatic rings. The predicted octanol–water partition coefficient (Wildman–Crippen LogP) is 3.80. The predicted molar refractivity (Wildman–Crippen MR) is 79.5 cm³/mol. The third-order valence-electron chi connectivity index (χ3n) is 3.00. The van der Waals surface area contributed by atoms with E-state index in [1.54, 1.807) is 6.92 Å². The summed E-state index contributed by atoms with van der Waals surface area (Å²) in [4.78, 5) is 12.0. The number of carbonyl (C=O) groups excluding carboxylic acids is 1. The summed E-state index contributed by atoms with van der Waals surface area (Å²) in [7, 11) is 0. The molecule has 0 bridgehead atoms. The summed E-state index contributed by atoms with van der Waals surface area (Å²) in [6.07, 6.45) is 1.42. The van der Waals surface area contributed by atoms with Crippen LogP contribution in [0.4, 0.5) is 0 Å². The van der Waals surface area contributed by atoms with Gasteiger partial charge in [-0.2, -0.15) is 6.42 Å². The zero-order valence-electron chi connectivity index (χ0n) is 11.7. The molecule has 0 aromatic heterocycles. The summed E-state index contributed by atoms with van der Waals surface area (Å²) in [5.74, 6) is -0.254. The number of allylic oxidation sites excluding steroid dienone is 1. The molecule has 3 heteroatoms. The fourth-order valence-electron chi connectivity index (χ4n) is 2.04. The summed E-state index contributed by atoms with van der Waals surface area (Å²) in [5, 5.41) is 9.37. The SMILES string of the molecule is C[CH-]C(=O)C(C#N)=C(c1ccccc1)c1ccccc1.[V]. The van der Waals surface area contributed by atoms with Gasteiger partial charge < -0.3 is 4.79 Å². The molecule has 0 fully saturated rings. The largest absolute Gasteiger partial charge is 0.331 e. The van der Waals surface area contributed by atoms with E-state index in [1.165, 1.54) is 6.42 Å². The van der Waals surface area contributed by atoms with Crippen LogP contribution in [0.15, 0.2) is 66.2 Å². The Morgan fingerprint density at radius 1 is 0.952 bits per heavy atom. The van der Waals surface area contributed by atoms with Gasteiger partial charge in [0.25, 0.3) is 0 Å². The van der Waals surface area contributed by atoms with E-state index in [-0.39, 0.29) is 29.9 Å². The van der Waals surface area contributed by atoms with Crippen molar-refractivity contribution in [3.05, 3.63) is 83.8 Å².